The Morgan fingerprint density at radius 2 is 1.44 bits per heavy atom. The van der Waals surface area contributed by atoms with E-state index in [0.29, 0.717) is 52.2 Å². The monoisotopic (exact) mass is 455 g/mol. The number of benzene rings is 3. The summed E-state index contributed by atoms with van der Waals surface area (Å²) in [5, 5.41) is 6.98. The van der Waals surface area contributed by atoms with E-state index in [2.05, 4.69) is 10.4 Å². The van der Waals surface area contributed by atoms with Crippen LogP contribution in [0.25, 0.3) is 33.5 Å². The highest BCUT2D eigenvalue weighted by molar-refractivity contribution is 5.98. The molecule has 0 aliphatic carbocycles. The van der Waals surface area contributed by atoms with Crippen molar-refractivity contribution in [3.8, 4) is 22.5 Å². The maximum Gasteiger partial charge on any atom is 0.251 e. The van der Waals surface area contributed by atoms with Gasteiger partial charge in [0.15, 0.2) is 0 Å². The summed E-state index contributed by atoms with van der Waals surface area (Å²) in [4.78, 5) is 22.2. The van der Waals surface area contributed by atoms with Crippen LogP contribution in [-0.4, -0.2) is 32.2 Å². The Morgan fingerprint density at radius 3 is 2.03 bits per heavy atom. The highest BCUT2D eigenvalue weighted by atomic mass is 19.1. The van der Waals surface area contributed by atoms with Gasteiger partial charge in [0.05, 0.1) is 29.0 Å². The van der Waals surface area contributed by atoms with Crippen molar-refractivity contribution >= 4 is 16.9 Å². The molecule has 0 radical (unpaired) electrons. The van der Waals surface area contributed by atoms with Crippen LogP contribution < -0.4 is 5.32 Å². The molecule has 6 nitrogen and oxygen atoms in total. The van der Waals surface area contributed by atoms with Crippen LogP contribution in [-0.2, 0) is 6.54 Å². The zero-order valence-electron chi connectivity index (χ0n) is 18.0. The van der Waals surface area contributed by atoms with E-state index in [4.69, 9.17) is 9.97 Å². The van der Waals surface area contributed by atoms with Crippen LogP contribution in [0.15, 0.2) is 85.2 Å². The first-order chi connectivity index (χ1) is 16.6. The largest absolute Gasteiger partial charge is 0.350 e. The van der Waals surface area contributed by atoms with Crippen molar-refractivity contribution in [2.75, 3.05) is 6.54 Å². The number of hydrogen-bond acceptors (Lipinski definition) is 4. The van der Waals surface area contributed by atoms with E-state index in [0.717, 1.165) is 0 Å². The van der Waals surface area contributed by atoms with Crippen LogP contribution >= 0.6 is 0 Å². The number of aromatic nitrogens is 4. The van der Waals surface area contributed by atoms with Crippen LogP contribution in [0, 0.1) is 11.6 Å². The number of carbonyl (C=O) groups excluding carboxylic acids is 1. The molecule has 34 heavy (non-hydrogen) atoms. The summed E-state index contributed by atoms with van der Waals surface area (Å²) >= 11 is 0. The van der Waals surface area contributed by atoms with Gasteiger partial charge in [0.2, 0.25) is 0 Å². The van der Waals surface area contributed by atoms with Crippen molar-refractivity contribution in [2.24, 2.45) is 0 Å². The molecule has 0 saturated heterocycles. The van der Waals surface area contributed by atoms with Crippen LogP contribution in [0.1, 0.15) is 10.4 Å². The minimum atomic E-state index is -0.366. The lowest BCUT2D eigenvalue weighted by molar-refractivity contribution is 0.0952. The summed E-state index contributed by atoms with van der Waals surface area (Å²) in [5.41, 5.74) is 3.93. The smallest absolute Gasteiger partial charge is 0.251 e. The third-order valence-electron chi connectivity index (χ3n) is 5.35. The first-order valence-corrected chi connectivity index (χ1v) is 10.7. The third kappa shape index (κ3) is 4.52. The van der Waals surface area contributed by atoms with Crippen LogP contribution in [0.4, 0.5) is 8.78 Å². The average Bonchev–Trinajstić information content (AvgIpc) is 3.37. The second-order valence-corrected chi connectivity index (χ2v) is 7.66. The van der Waals surface area contributed by atoms with Crippen molar-refractivity contribution in [3.63, 3.8) is 0 Å². The Hall–Kier alpha value is -4.46. The Balaban J connectivity index is 1.51. The maximum atomic E-state index is 13.5. The van der Waals surface area contributed by atoms with Crippen LogP contribution in [0.5, 0.6) is 0 Å². The lowest BCUT2D eigenvalue weighted by atomic mass is 10.0. The van der Waals surface area contributed by atoms with Gasteiger partial charge in [-0.25, -0.2) is 18.7 Å². The summed E-state index contributed by atoms with van der Waals surface area (Å²) in [5.74, 6) is -0.958. The molecule has 1 amide bonds. The van der Waals surface area contributed by atoms with Crippen molar-refractivity contribution < 1.29 is 13.6 Å². The van der Waals surface area contributed by atoms with Gasteiger partial charge in [-0.1, -0.05) is 0 Å². The molecule has 0 spiro atoms. The van der Waals surface area contributed by atoms with E-state index in [1.807, 2.05) is 12.3 Å². The number of nitrogens with zero attached hydrogens (tertiary/aromatic N) is 4. The molecule has 0 atom stereocenters. The Morgan fingerprint density at radius 1 is 0.824 bits per heavy atom. The van der Waals surface area contributed by atoms with Gasteiger partial charge in [0.1, 0.15) is 11.6 Å². The molecule has 8 heteroatoms. The number of fused-ring (bicyclic) bond motifs is 1. The van der Waals surface area contributed by atoms with Gasteiger partial charge in [-0.3, -0.25) is 9.48 Å². The Kier molecular flexibility index (Phi) is 5.78. The molecule has 3 aromatic carbocycles. The normalized spacial score (nSPS) is 11.0. The predicted molar refractivity (Wildman–Crippen MR) is 125 cm³/mol. The molecule has 0 aliphatic rings. The van der Waals surface area contributed by atoms with Gasteiger partial charge in [-0.2, -0.15) is 5.10 Å². The maximum absolute atomic E-state index is 13.5. The Labute approximate surface area is 193 Å². The predicted octanol–water partition coefficient (Wildman–Crippen LogP) is 4.87. The second kappa shape index (κ2) is 9.19. The molecule has 0 unspecified atom stereocenters. The van der Waals surface area contributed by atoms with Gasteiger partial charge < -0.3 is 5.32 Å². The minimum Gasteiger partial charge on any atom is -0.350 e. The molecule has 1 N–H and O–H groups in total. The first-order valence-electron chi connectivity index (χ1n) is 10.7. The van der Waals surface area contributed by atoms with E-state index in [9.17, 15) is 13.6 Å². The molecular formula is C26H19F2N5O. The molecule has 0 fully saturated rings. The topological polar surface area (TPSA) is 72.7 Å². The number of hydrogen-bond donors (Lipinski definition) is 1. The van der Waals surface area contributed by atoms with Crippen molar-refractivity contribution in [1.82, 2.24) is 25.1 Å². The second-order valence-electron chi connectivity index (χ2n) is 7.66. The molecule has 168 valence electrons. The van der Waals surface area contributed by atoms with Crippen LogP contribution in [0.2, 0.25) is 0 Å². The average molecular weight is 455 g/mol. The van der Waals surface area contributed by atoms with E-state index >= 15 is 0 Å². The zero-order chi connectivity index (χ0) is 23.5. The van der Waals surface area contributed by atoms with Gasteiger partial charge in [-0.05, 0) is 72.8 Å². The molecule has 2 aromatic heterocycles. The van der Waals surface area contributed by atoms with Gasteiger partial charge in [-0.15, -0.1) is 0 Å². The van der Waals surface area contributed by atoms with E-state index in [-0.39, 0.29) is 17.5 Å². The SMILES string of the molecule is O=C(NCCn1cccn1)c1ccc2nc(-c3ccc(F)cc3)c(-c3ccc(F)cc3)nc2c1. The van der Waals surface area contributed by atoms with Crippen molar-refractivity contribution in [1.29, 1.82) is 0 Å². The summed E-state index contributed by atoms with van der Waals surface area (Å²) in [6, 6.07) is 18.8. The van der Waals surface area contributed by atoms with Gasteiger partial charge >= 0.3 is 0 Å². The standard InChI is InChI=1S/C26H19F2N5O/c27-20-7-2-17(3-8-20)24-25(18-4-9-21(28)10-5-18)32-23-16-19(6-11-22(23)31-24)26(34)29-13-15-33-14-1-12-30-33/h1-12,14,16H,13,15H2,(H,29,34). The number of rotatable bonds is 6. The summed E-state index contributed by atoms with van der Waals surface area (Å²) in [6.07, 6.45) is 3.51. The van der Waals surface area contributed by atoms with Gasteiger partial charge in [0.25, 0.3) is 5.91 Å². The summed E-state index contributed by atoms with van der Waals surface area (Å²) < 4.78 is 28.8. The number of halogens is 2. The van der Waals surface area contributed by atoms with E-state index < -0.39 is 0 Å². The van der Waals surface area contributed by atoms with Crippen molar-refractivity contribution in [3.05, 3.63) is 102 Å². The van der Waals surface area contributed by atoms with E-state index in [1.54, 1.807) is 53.3 Å². The fourth-order valence-electron chi connectivity index (χ4n) is 3.63. The molecule has 0 aliphatic heterocycles. The lowest BCUT2D eigenvalue weighted by Gasteiger charge is -2.12. The molecule has 5 rings (SSSR count). The fourth-order valence-corrected chi connectivity index (χ4v) is 3.63. The number of carbonyl (C=O) groups is 1. The number of nitrogens with one attached hydrogen (secondary N) is 1. The zero-order valence-corrected chi connectivity index (χ0v) is 18.0. The number of amides is 1. The van der Waals surface area contributed by atoms with Crippen LogP contribution in [0.3, 0.4) is 0 Å². The minimum absolute atomic E-state index is 0.234. The third-order valence-corrected chi connectivity index (χ3v) is 5.35. The molecular weight excluding hydrogens is 436 g/mol. The molecule has 5 aromatic rings. The molecule has 0 saturated carbocycles. The molecule has 0 bridgehead atoms. The van der Waals surface area contributed by atoms with Crippen molar-refractivity contribution in [2.45, 2.75) is 6.54 Å². The lowest BCUT2D eigenvalue weighted by Crippen LogP contribution is -2.27. The highest BCUT2D eigenvalue weighted by Crippen LogP contribution is 2.31. The summed E-state index contributed by atoms with van der Waals surface area (Å²) in [7, 11) is 0. The summed E-state index contributed by atoms with van der Waals surface area (Å²) in [6.45, 7) is 0.983. The molecule has 2 heterocycles. The highest BCUT2D eigenvalue weighted by Gasteiger charge is 2.15. The van der Waals surface area contributed by atoms with E-state index in [1.165, 1.54) is 24.3 Å². The Bertz CT molecular complexity index is 1450. The first kappa shape index (κ1) is 21.4. The van der Waals surface area contributed by atoms with Gasteiger partial charge in [0, 0.05) is 35.6 Å². The fraction of sp³-hybridized carbons (Fsp3) is 0.0769. The quantitative estimate of drug-likeness (QED) is 0.397.